The number of thiocarbonyl (C=S) groups is 1. The predicted octanol–water partition coefficient (Wildman–Crippen LogP) is 4.93. The summed E-state index contributed by atoms with van der Waals surface area (Å²) < 4.78 is 11.2. The van der Waals surface area contributed by atoms with Crippen molar-refractivity contribution in [2.24, 2.45) is 0 Å². The molecule has 7 nitrogen and oxygen atoms in total. The highest BCUT2D eigenvalue weighted by Gasteiger charge is 2.11. The molecule has 0 radical (unpaired) electrons. The molecule has 34 heavy (non-hydrogen) atoms. The summed E-state index contributed by atoms with van der Waals surface area (Å²) in [6, 6.07) is 21.7. The van der Waals surface area contributed by atoms with Gasteiger partial charge in [0, 0.05) is 23.4 Å². The SMILES string of the molecule is CCC(=O)Nc1cccc(NC(=S)NC(=O)c2ccc(OCCOc3ccccc3)cc2)c1C. The molecule has 0 spiro atoms. The van der Waals surface area contributed by atoms with Crippen molar-refractivity contribution in [2.75, 3.05) is 23.8 Å². The number of anilines is 2. The van der Waals surface area contributed by atoms with Gasteiger partial charge in [0.2, 0.25) is 5.91 Å². The van der Waals surface area contributed by atoms with Crippen molar-refractivity contribution in [3.63, 3.8) is 0 Å². The Balaban J connectivity index is 1.48. The van der Waals surface area contributed by atoms with E-state index in [1.54, 1.807) is 37.3 Å². The topological polar surface area (TPSA) is 88.7 Å². The normalized spacial score (nSPS) is 10.2. The van der Waals surface area contributed by atoms with Crippen LogP contribution in [0.25, 0.3) is 0 Å². The van der Waals surface area contributed by atoms with Gasteiger partial charge in [-0.2, -0.15) is 0 Å². The van der Waals surface area contributed by atoms with E-state index in [4.69, 9.17) is 21.7 Å². The van der Waals surface area contributed by atoms with Gasteiger partial charge >= 0.3 is 0 Å². The molecule has 0 bridgehead atoms. The van der Waals surface area contributed by atoms with Gasteiger partial charge in [0.15, 0.2) is 5.11 Å². The van der Waals surface area contributed by atoms with Crippen molar-refractivity contribution in [3.05, 3.63) is 83.9 Å². The number of hydrogen-bond acceptors (Lipinski definition) is 5. The zero-order chi connectivity index (χ0) is 24.3. The summed E-state index contributed by atoms with van der Waals surface area (Å²) in [4.78, 5) is 24.2. The van der Waals surface area contributed by atoms with Gasteiger partial charge < -0.3 is 20.1 Å². The Kier molecular flexibility index (Phi) is 8.99. The number of amides is 2. The van der Waals surface area contributed by atoms with Gasteiger partial charge in [-0.1, -0.05) is 31.2 Å². The maximum atomic E-state index is 12.6. The van der Waals surface area contributed by atoms with E-state index >= 15 is 0 Å². The molecule has 0 unspecified atom stereocenters. The number of rotatable bonds is 9. The van der Waals surface area contributed by atoms with Crippen LogP contribution in [0.5, 0.6) is 11.5 Å². The molecule has 3 N–H and O–H groups in total. The zero-order valence-electron chi connectivity index (χ0n) is 19.1. The van der Waals surface area contributed by atoms with Crippen LogP contribution in [0.3, 0.4) is 0 Å². The van der Waals surface area contributed by atoms with Gasteiger partial charge in [0.05, 0.1) is 0 Å². The molecule has 8 heteroatoms. The van der Waals surface area contributed by atoms with Gasteiger partial charge in [0.1, 0.15) is 24.7 Å². The van der Waals surface area contributed by atoms with Crippen molar-refractivity contribution >= 4 is 40.5 Å². The lowest BCUT2D eigenvalue weighted by Crippen LogP contribution is -2.34. The lowest BCUT2D eigenvalue weighted by Gasteiger charge is -2.15. The van der Waals surface area contributed by atoms with Crippen LogP contribution in [0.4, 0.5) is 11.4 Å². The highest BCUT2D eigenvalue weighted by Crippen LogP contribution is 2.23. The van der Waals surface area contributed by atoms with Crippen LogP contribution >= 0.6 is 12.2 Å². The first-order valence-corrected chi connectivity index (χ1v) is 11.3. The van der Waals surface area contributed by atoms with Gasteiger partial charge in [-0.05, 0) is 73.2 Å². The van der Waals surface area contributed by atoms with Crippen LogP contribution < -0.4 is 25.4 Å². The number of nitrogens with one attached hydrogen (secondary N) is 3. The number of hydrogen-bond donors (Lipinski definition) is 3. The minimum atomic E-state index is -0.343. The van der Waals surface area contributed by atoms with Gasteiger partial charge in [-0.15, -0.1) is 0 Å². The molecular weight excluding hydrogens is 450 g/mol. The number of carbonyl (C=O) groups excluding carboxylic acids is 2. The monoisotopic (exact) mass is 477 g/mol. The molecule has 0 atom stereocenters. The molecule has 176 valence electrons. The smallest absolute Gasteiger partial charge is 0.257 e. The largest absolute Gasteiger partial charge is 0.490 e. The maximum absolute atomic E-state index is 12.6. The molecule has 3 aromatic rings. The Labute approximate surface area is 204 Å². The Morgan fingerprint density at radius 2 is 1.38 bits per heavy atom. The molecule has 0 aliphatic carbocycles. The van der Waals surface area contributed by atoms with Gasteiger partial charge in [-0.3, -0.25) is 14.9 Å². The first-order valence-electron chi connectivity index (χ1n) is 10.9. The lowest BCUT2D eigenvalue weighted by atomic mass is 10.1. The third kappa shape index (κ3) is 7.31. The summed E-state index contributed by atoms with van der Waals surface area (Å²) in [6.07, 6.45) is 0.386. The molecule has 0 aliphatic rings. The van der Waals surface area contributed by atoms with Crippen LogP contribution in [-0.4, -0.2) is 30.1 Å². The van der Waals surface area contributed by atoms with Gasteiger partial charge in [-0.25, -0.2) is 0 Å². The van der Waals surface area contributed by atoms with Gasteiger partial charge in [0.25, 0.3) is 5.91 Å². The van der Waals surface area contributed by atoms with Crippen molar-refractivity contribution in [1.82, 2.24) is 5.32 Å². The number of ether oxygens (including phenoxy) is 2. The summed E-state index contributed by atoms with van der Waals surface area (Å²) in [7, 11) is 0. The second-order valence-corrected chi connectivity index (χ2v) is 7.73. The van der Waals surface area contributed by atoms with E-state index in [1.165, 1.54) is 0 Å². The molecule has 2 amide bonds. The third-order valence-corrected chi connectivity index (χ3v) is 5.09. The summed E-state index contributed by atoms with van der Waals surface area (Å²) in [6.45, 7) is 4.44. The van der Waals surface area contributed by atoms with Crippen molar-refractivity contribution < 1.29 is 19.1 Å². The Morgan fingerprint density at radius 1 is 0.794 bits per heavy atom. The fourth-order valence-corrected chi connectivity index (χ4v) is 3.21. The molecule has 0 saturated carbocycles. The fraction of sp³-hybridized carbons (Fsp3) is 0.192. The van der Waals surface area contributed by atoms with Crippen LogP contribution in [0.2, 0.25) is 0 Å². The molecule has 0 fully saturated rings. The van der Waals surface area contributed by atoms with E-state index < -0.39 is 0 Å². The van der Waals surface area contributed by atoms with Crippen molar-refractivity contribution in [1.29, 1.82) is 0 Å². The Bertz CT molecular complexity index is 1130. The summed E-state index contributed by atoms with van der Waals surface area (Å²) >= 11 is 5.29. The van der Waals surface area contributed by atoms with Crippen LogP contribution in [0, 0.1) is 6.92 Å². The highest BCUT2D eigenvalue weighted by atomic mass is 32.1. The predicted molar refractivity (Wildman–Crippen MR) is 138 cm³/mol. The lowest BCUT2D eigenvalue weighted by molar-refractivity contribution is -0.115. The molecule has 0 aromatic heterocycles. The van der Waals surface area contributed by atoms with Crippen LogP contribution in [0.15, 0.2) is 72.8 Å². The first-order chi connectivity index (χ1) is 16.5. The standard InChI is InChI=1S/C26H27N3O4S/c1-3-24(30)27-22-10-7-11-23(18(22)2)28-26(34)29-25(31)19-12-14-21(15-13-19)33-17-16-32-20-8-5-4-6-9-20/h4-15H,3,16-17H2,1-2H3,(H,27,30)(H2,28,29,31,34). The van der Waals surface area contributed by atoms with Crippen LogP contribution in [-0.2, 0) is 4.79 Å². The Morgan fingerprint density at radius 3 is 2.00 bits per heavy atom. The third-order valence-electron chi connectivity index (χ3n) is 4.88. The fourth-order valence-electron chi connectivity index (χ4n) is 3.01. The molecule has 0 aliphatic heterocycles. The van der Waals surface area contributed by atoms with Crippen molar-refractivity contribution in [3.8, 4) is 11.5 Å². The minimum absolute atomic E-state index is 0.0766. The summed E-state index contributed by atoms with van der Waals surface area (Å²) in [5, 5.41) is 8.68. The van der Waals surface area contributed by atoms with E-state index in [-0.39, 0.29) is 16.9 Å². The maximum Gasteiger partial charge on any atom is 0.257 e. The van der Waals surface area contributed by atoms with E-state index in [1.807, 2.05) is 49.4 Å². The quantitative estimate of drug-likeness (QED) is 0.299. The second-order valence-electron chi connectivity index (χ2n) is 7.32. The molecule has 0 saturated heterocycles. The zero-order valence-corrected chi connectivity index (χ0v) is 19.9. The number of para-hydroxylation sites is 1. The average molecular weight is 478 g/mol. The van der Waals surface area contributed by atoms with Crippen molar-refractivity contribution in [2.45, 2.75) is 20.3 Å². The number of benzene rings is 3. The average Bonchev–Trinajstić information content (AvgIpc) is 2.85. The number of carbonyl (C=O) groups is 2. The van der Waals surface area contributed by atoms with E-state index in [0.29, 0.717) is 42.3 Å². The second kappa shape index (κ2) is 12.4. The van der Waals surface area contributed by atoms with E-state index in [0.717, 1.165) is 11.3 Å². The summed E-state index contributed by atoms with van der Waals surface area (Å²) in [5.41, 5.74) is 2.65. The molecule has 3 rings (SSSR count). The molecular formula is C26H27N3O4S. The first kappa shape index (κ1) is 24.7. The summed E-state index contributed by atoms with van der Waals surface area (Å²) in [5.74, 6) is 1.00. The molecule has 0 heterocycles. The molecule has 3 aromatic carbocycles. The van der Waals surface area contributed by atoms with E-state index in [2.05, 4.69) is 16.0 Å². The minimum Gasteiger partial charge on any atom is -0.490 e. The Hall–Kier alpha value is -3.91. The highest BCUT2D eigenvalue weighted by molar-refractivity contribution is 7.80. The van der Waals surface area contributed by atoms with Crippen LogP contribution in [0.1, 0.15) is 29.3 Å². The van der Waals surface area contributed by atoms with E-state index in [9.17, 15) is 9.59 Å².